The molecule has 0 bridgehead atoms. The van der Waals surface area contributed by atoms with E-state index < -0.39 is 0 Å². The molecule has 0 aliphatic rings. The number of hydrogen-bond donors (Lipinski definition) is 1. The first-order valence-corrected chi connectivity index (χ1v) is 8.28. The maximum absolute atomic E-state index is 12.3. The van der Waals surface area contributed by atoms with Crippen LogP contribution in [0.5, 0.6) is 0 Å². The van der Waals surface area contributed by atoms with Gasteiger partial charge in [0.1, 0.15) is 5.69 Å². The zero-order valence-electron chi connectivity index (χ0n) is 12.9. The van der Waals surface area contributed by atoms with Crippen LogP contribution in [0.3, 0.4) is 0 Å². The fourth-order valence-corrected chi connectivity index (χ4v) is 3.28. The average Bonchev–Trinajstić information content (AvgIpc) is 2.85. The molecule has 1 amide bonds. The first kappa shape index (κ1) is 17.1. The van der Waals surface area contributed by atoms with Crippen LogP contribution in [0.2, 0.25) is 15.1 Å². The van der Waals surface area contributed by atoms with Crippen LogP contribution in [0.4, 0.5) is 5.69 Å². The van der Waals surface area contributed by atoms with E-state index in [1.54, 1.807) is 0 Å². The van der Waals surface area contributed by atoms with E-state index in [0.29, 0.717) is 22.0 Å². The monoisotopic (exact) mass is 382 g/mol. The molecule has 0 atom stereocenters. The van der Waals surface area contributed by atoms with Crippen LogP contribution >= 0.6 is 34.8 Å². The van der Waals surface area contributed by atoms with Crippen molar-refractivity contribution >= 4 is 57.4 Å². The normalized spacial score (nSPS) is 11.0. The maximum Gasteiger partial charge on any atom is 0.230 e. The highest BCUT2D eigenvalue weighted by molar-refractivity contribution is 6.42. The van der Waals surface area contributed by atoms with Crippen molar-refractivity contribution in [3.8, 4) is 0 Å². The predicted octanol–water partition coefficient (Wildman–Crippen LogP) is 5.59. The smallest absolute Gasteiger partial charge is 0.230 e. The number of fused-ring (bicyclic) bond motifs is 1. The number of halogens is 3. The van der Waals surface area contributed by atoms with Gasteiger partial charge < -0.3 is 9.84 Å². The Morgan fingerprint density at radius 2 is 1.71 bits per heavy atom. The summed E-state index contributed by atoms with van der Waals surface area (Å²) in [5, 5.41) is 8.46. The quantitative estimate of drug-likeness (QED) is 0.641. The highest BCUT2D eigenvalue weighted by atomic mass is 35.5. The average molecular weight is 384 g/mol. The third kappa shape index (κ3) is 3.36. The molecule has 2 aromatic carbocycles. The maximum atomic E-state index is 12.3. The molecule has 124 valence electrons. The van der Waals surface area contributed by atoms with Crippen LogP contribution in [0, 0.1) is 13.8 Å². The molecule has 0 radical (unpaired) electrons. The number of anilines is 1. The molecular formula is C17H13Cl3N2O2. The lowest BCUT2D eigenvalue weighted by Gasteiger charge is -2.09. The van der Waals surface area contributed by atoms with Gasteiger partial charge in [-0.1, -0.05) is 40.0 Å². The fraction of sp³-hybridized carbons (Fsp3) is 0.176. The Morgan fingerprint density at radius 1 is 1.08 bits per heavy atom. The van der Waals surface area contributed by atoms with Gasteiger partial charge in [0.15, 0.2) is 5.58 Å². The molecule has 0 aliphatic carbocycles. The van der Waals surface area contributed by atoms with Crippen LogP contribution < -0.4 is 5.32 Å². The van der Waals surface area contributed by atoms with Crippen molar-refractivity contribution in [2.75, 3.05) is 5.32 Å². The number of rotatable bonds is 3. The Bertz CT molecular complexity index is 927. The molecule has 3 aromatic rings. The Labute approximate surface area is 153 Å². The summed E-state index contributed by atoms with van der Waals surface area (Å²) >= 11 is 18.0. The fourth-order valence-electron chi connectivity index (χ4n) is 2.37. The van der Waals surface area contributed by atoms with Gasteiger partial charge in [-0.25, -0.2) is 0 Å². The van der Waals surface area contributed by atoms with E-state index in [2.05, 4.69) is 10.5 Å². The van der Waals surface area contributed by atoms with Crippen LogP contribution in [-0.4, -0.2) is 11.1 Å². The Hall–Kier alpha value is -1.75. The van der Waals surface area contributed by atoms with Gasteiger partial charge in [-0.2, -0.15) is 0 Å². The number of hydrogen-bond acceptors (Lipinski definition) is 3. The lowest BCUT2D eigenvalue weighted by molar-refractivity contribution is -0.115. The first-order valence-electron chi connectivity index (χ1n) is 7.15. The Morgan fingerprint density at radius 3 is 2.38 bits per heavy atom. The minimum Gasteiger partial charge on any atom is -0.356 e. The summed E-state index contributed by atoms with van der Waals surface area (Å²) < 4.78 is 5.30. The van der Waals surface area contributed by atoms with Crippen molar-refractivity contribution in [2.24, 2.45) is 0 Å². The summed E-state index contributed by atoms with van der Waals surface area (Å²) in [6.07, 6.45) is 0.0464. The predicted molar refractivity (Wildman–Crippen MR) is 97.3 cm³/mol. The SMILES string of the molecule is Cc1cc2onc(CC(=O)Nc3c(Cl)cc(Cl)cc3Cl)c2cc1C. The molecular weight excluding hydrogens is 371 g/mol. The van der Waals surface area contributed by atoms with Crippen molar-refractivity contribution in [1.82, 2.24) is 5.16 Å². The number of nitrogens with one attached hydrogen (secondary N) is 1. The van der Waals surface area contributed by atoms with E-state index in [9.17, 15) is 4.79 Å². The minimum atomic E-state index is -0.297. The summed E-state index contributed by atoms with van der Waals surface area (Å²) in [5.74, 6) is -0.297. The zero-order chi connectivity index (χ0) is 17.4. The van der Waals surface area contributed by atoms with Crippen molar-refractivity contribution in [2.45, 2.75) is 20.3 Å². The zero-order valence-corrected chi connectivity index (χ0v) is 15.2. The molecule has 3 rings (SSSR count). The van der Waals surface area contributed by atoms with Crippen molar-refractivity contribution in [1.29, 1.82) is 0 Å². The van der Waals surface area contributed by atoms with E-state index in [1.165, 1.54) is 12.1 Å². The van der Waals surface area contributed by atoms with E-state index in [1.807, 2.05) is 26.0 Å². The summed E-state index contributed by atoms with van der Waals surface area (Å²) in [5.41, 5.74) is 3.76. The van der Waals surface area contributed by atoms with E-state index in [-0.39, 0.29) is 22.4 Å². The van der Waals surface area contributed by atoms with Crippen molar-refractivity contribution in [3.05, 3.63) is 56.2 Å². The van der Waals surface area contributed by atoms with Gasteiger partial charge in [-0.15, -0.1) is 0 Å². The van der Waals surface area contributed by atoms with Crippen molar-refractivity contribution in [3.63, 3.8) is 0 Å². The molecule has 7 heteroatoms. The molecule has 0 unspecified atom stereocenters. The van der Waals surface area contributed by atoms with Crippen LogP contribution in [0.15, 0.2) is 28.8 Å². The third-order valence-electron chi connectivity index (χ3n) is 3.76. The molecule has 0 saturated carbocycles. The van der Waals surface area contributed by atoms with Gasteiger partial charge in [0.2, 0.25) is 5.91 Å². The number of benzene rings is 2. The number of nitrogens with zero attached hydrogens (tertiary/aromatic N) is 1. The standard InChI is InChI=1S/C17H13Cl3N2O2/c1-8-3-11-14(22-24-15(11)4-9(8)2)7-16(23)21-17-12(19)5-10(18)6-13(17)20/h3-6H,7H2,1-2H3,(H,21,23). The number of carbonyl (C=O) groups excluding carboxylic acids is 1. The highest BCUT2D eigenvalue weighted by Gasteiger charge is 2.16. The lowest BCUT2D eigenvalue weighted by Crippen LogP contribution is -2.15. The minimum absolute atomic E-state index is 0.0464. The molecule has 0 aliphatic heterocycles. The molecule has 1 heterocycles. The molecule has 24 heavy (non-hydrogen) atoms. The Kier molecular flexibility index (Phi) is 4.72. The Balaban J connectivity index is 1.85. The molecule has 1 aromatic heterocycles. The molecule has 0 spiro atoms. The molecule has 0 saturated heterocycles. The largest absolute Gasteiger partial charge is 0.356 e. The van der Waals surface area contributed by atoms with Crippen LogP contribution in [-0.2, 0) is 11.2 Å². The van der Waals surface area contributed by atoms with Gasteiger partial charge >= 0.3 is 0 Å². The second-order valence-electron chi connectivity index (χ2n) is 5.53. The molecule has 4 nitrogen and oxygen atoms in total. The number of aryl methyl sites for hydroxylation is 2. The van der Waals surface area contributed by atoms with Crippen molar-refractivity contribution < 1.29 is 9.32 Å². The van der Waals surface area contributed by atoms with Gasteiger partial charge in [0.25, 0.3) is 0 Å². The van der Waals surface area contributed by atoms with Gasteiger partial charge in [-0.3, -0.25) is 4.79 Å². The van der Waals surface area contributed by atoms with Gasteiger partial charge in [0, 0.05) is 10.4 Å². The van der Waals surface area contributed by atoms with E-state index in [4.69, 9.17) is 39.3 Å². The summed E-state index contributed by atoms with van der Waals surface area (Å²) in [4.78, 5) is 12.3. The van der Waals surface area contributed by atoms with E-state index >= 15 is 0 Å². The van der Waals surface area contributed by atoms with Crippen LogP contribution in [0.25, 0.3) is 11.0 Å². The second kappa shape index (κ2) is 6.63. The lowest BCUT2D eigenvalue weighted by atomic mass is 10.1. The highest BCUT2D eigenvalue weighted by Crippen LogP contribution is 2.34. The first-order chi connectivity index (χ1) is 11.3. The third-order valence-corrected chi connectivity index (χ3v) is 4.57. The molecule has 0 fully saturated rings. The van der Waals surface area contributed by atoms with Gasteiger partial charge in [-0.05, 0) is 49.2 Å². The number of carbonyl (C=O) groups is 1. The number of aromatic nitrogens is 1. The summed E-state index contributed by atoms with van der Waals surface area (Å²) in [7, 11) is 0. The van der Waals surface area contributed by atoms with E-state index in [0.717, 1.165) is 16.5 Å². The summed E-state index contributed by atoms with van der Waals surface area (Å²) in [6.45, 7) is 3.99. The topological polar surface area (TPSA) is 55.1 Å². The molecule has 1 N–H and O–H groups in total. The number of amides is 1. The summed E-state index contributed by atoms with van der Waals surface area (Å²) in [6, 6.07) is 6.91. The van der Waals surface area contributed by atoms with Gasteiger partial charge in [0.05, 0.1) is 22.2 Å². The van der Waals surface area contributed by atoms with Crippen LogP contribution in [0.1, 0.15) is 16.8 Å². The second-order valence-corrected chi connectivity index (χ2v) is 6.78.